The van der Waals surface area contributed by atoms with E-state index in [2.05, 4.69) is 17.4 Å². The van der Waals surface area contributed by atoms with Crippen molar-refractivity contribution in [1.82, 2.24) is 20.0 Å². The van der Waals surface area contributed by atoms with E-state index in [1.54, 1.807) is 14.7 Å². The van der Waals surface area contributed by atoms with Gasteiger partial charge >= 0.3 is 23.6 Å². The van der Waals surface area contributed by atoms with Gasteiger partial charge < -0.3 is 20.0 Å². The molecule has 3 aromatic rings. The fourth-order valence-corrected chi connectivity index (χ4v) is 6.10. The largest absolute Gasteiger partial charge is 0.346 e. The molecule has 5 rings (SSSR count). The second-order valence-corrected chi connectivity index (χ2v) is 11.4. The van der Waals surface area contributed by atoms with Gasteiger partial charge in [-0.15, -0.1) is 0 Å². The van der Waals surface area contributed by atoms with Gasteiger partial charge in [0, 0.05) is 38.8 Å². The number of hydrogen-bond acceptors (Lipinski definition) is 4. The summed E-state index contributed by atoms with van der Waals surface area (Å²) in [4.78, 5) is 56.6. The third-order valence-electron chi connectivity index (χ3n) is 8.50. The van der Waals surface area contributed by atoms with Crippen LogP contribution in [0, 0.1) is 0 Å². The number of carbonyl (C=O) groups is 4. The number of nitrogens with one attached hydrogen (secondary N) is 1. The molecule has 1 N–H and O–H groups in total. The Morgan fingerprint density at radius 2 is 1.12 bits per heavy atom. The van der Waals surface area contributed by atoms with E-state index in [1.807, 2.05) is 78.9 Å². The van der Waals surface area contributed by atoms with Crippen LogP contribution in [0.1, 0.15) is 36.0 Å². The lowest BCUT2D eigenvalue weighted by molar-refractivity contribution is -0.159. The van der Waals surface area contributed by atoms with Gasteiger partial charge in [0.25, 0.3) is 0 Å². The average Bonchev–Trinajstić information content (AvgIpc) is 3.04. The highest BCUT2D eigenvalue weighted by atomic mass is 16.2. The molecule has 0 spiro atoms. The van der Waals surface area contributed by atoms with Crippen LogP contribution < -0.4 is 5.32 Å². The summed E-state index contributed by atoms with van der Waals surface area (Å²) in [5.74, 6) is -1.91. The summed E-state index contributed by atoms with van der Waals surface area (Å²) in [6.07, 6.45) is 4.27. The van der Waals surface area contributed by atoms with E-state index >= 15 is 0 Å². The number of carbonyl (C=O) groups excluding carboxylic acids is 4. The van der Waals surface area contributed by atoms with Crippen molar-refractivity contribution in [2.75, 3.05) is 32.7 Å². The highest BCUT2D eigenvalue weighted by molar-refractivity contribution is 6.36. The number of amides is 4. The smallest absolute Gasteiger partial charge is 0.312 e. The fourth-order valence-electron chi connectivity index (χ4n) is 6.10. The van der Waals surface area contributed by atoms with Crippen molar-refractivity contribution >= 4 is 23.6 Å². The van der Waals surface area contributed by atoms with Crippen LogP contribution in [0.3, 0.4) is 0 Å². The third-order valence-corrected chi connectivity index (χ3v) is 8.50. The molecule has 0 saturated carbocycles. The zero-order chi connectivity index (χ0) is 30.0. The molecule has 2 aliphatic heterocycles. The van der Waals surface area contributed by atoms with E-state index in [1.165, 1.54) is 0 Å². The van der Waals surface area contributed by atoms with Gasteiger partial charge in [-0.2, -0.15) is 0 Å². The molecule has 0 radical (unpaired) electrons. The number of nitrogens with zero attached hydrogens (tertiary/aromatic N) is 3. The quantitative estimate of drug-likeness (QED) is 0.248. The van der Waals surface area contributed by atoms with Crippen LogP contribution in [0.25, 0.3) is 0 Å². The van der Waals surface area contributed by atoms with Gasteiger partial charge in [0.2, 0.25) is 0 Å². The van der Waals surface area contributed by atoms with Gasteiger partial charge in [-0.1, -0.05) is 91.0 Å². The molecule has 8 heteroatoms. The molecular formula is C35H40N4O4. The Balaban J connectivity index is 1.17. The Kier molecular flexibility index (Phi) is 10.2. The van der Waals surface area contributed by atoms with Gasteiger partial charge in [-0.25, -0.2) is 0 Å². The molecule has 0 unspecified atom stereocenters. The molecule has 0 aliphatic carbocycles. The van der Waals surface area contributed by atoms with Crippen LogP contribution in [-0.2, 0) is 38.4 Å². The zero-order valence-electron chi connectivity index (χ0n) is 24.6. The number of hydrogen-bond donors (Lipinski definition) is 1. The maximum Gasteiger partial charge on any atom is 0.312 e. The average molecular weight is 581 g/mol. The molecule has 3 aromatic carbocycles. The maximum absolute atomic E-state index is 13.4. The number of benzene rings is 3. The topological polar surface area (TPSA) is 90.0 Å². The number of piperazine rings is 2. The van der Waals surface area contributed by atoms with Crippen molar-refractivity contribution in [1.29, 1.82) is 0 Å². The molecule has 2 heterocycles. The van der Waals surface area contributed by atoms with Crippen LogP contribution in [0.5, 0.6) is 0 Å². The second kappa shape index (κ2) is 14.6. The van der Waals surface area contributed by atoms with E-state index in [0.29, 0.717) is 64.8 Å². The summed E-state index contributed by atoms with van der Waals surface area (Å²) in [6, 6.07) is 29.9. The molecule has 2 saturated heterocycles. The van der Waals surface area contributed by atoms with Gasteiger partial charge in [-0.3, -0.25) is 19.2 Å². The maximum atomic E-state index is 13.4. The van der Waals surface area contributed by atoms with Gasteiger partial charge in [0.05, 0.1) is 6.04 Å². The molecule has 4 amide bonds. The van der Waals surface area contributed by atoms with Crippen LogP contribution in [-0.4, -0.2) is 83.1 Å². The first kappa shape index (κ1) is 30.0. The van der Waals surface area contributed by atoms with Gasteiger partial charge in [0.15, 0.2) is 0 Å². The first-order valence-corrected chi connectivity index (χ1v) is 15.3. The van der Waals surface area contributed by atoms with Gasteiger partial charge in [-0.05, 0) is 55.2 Å². The summed E-state index contributed by atoms with van der Waals surface area (Å²) in [7, 11) is 0. The second-order valence-electron chi connectivity index (χ2n) is 11.4. The van der Waals surface area contributed by atoms with E-state index in [0.717, 1.165) is 23.1 Å². The van der Waals surface area contributed by atoms with Gasteiger partial charge in [0.1, 0.15) is 0 Å². The lowest BCUT2D eigenvalue weighted by Gasteiger charge is -2.41. The van der Waals surface area contributed by atoms with Crippen molar-refractivity contribution in [2.45, 2.75) is 50.6 Å². The molecular weight excluding hydrogens is 540 g/mol. The Hall–Kier alpha value is -4.46. The van der Waals surface area contributed by atoms with Crippen LogP contribution in [0.4, 0.5) is 0 Å². The first-order valence-electron chi connectivity index (χ1n) is 15.3. The number of rotatable bonds is 13. The summed E-state index contributed by atoms with van der Waals surface area (Å²) >= 11 is 0. The minimum Gasteiger partial charge on any atom is -0.346 e. The van der Waals surface area contributed by atoms with Crippen LogP contribution in [0.2, 0.25) is 0 Å². The lowest BCUT2D eigenvalue weighted by Crippen LogP contribution is -2.60. The molecule has 2 aliphatic rings. The minimum atomic E-state index is -0.553. The van der Waals surface area contributed by atoms with E-state index in [4.69, 9.17) is 0 Å². The zero-order valence-corrected chi connectivity index (χ0v) is 24.6. The lowest BCUT2D eigenvalue weighted by atomic mass is 10.00. The van der Waals surface area contributed by atoms with Crippen molar-refractivity contribution in [3.8, 4) is 0 Å². The number of unbranched alkanes of at least 4 members (excludes halogenated alkanes) is 1. The van der Waals surface area contributed by atoms with Crippen molar-refractivity contribution in [2.24, 2.45) is 0 Å². The van der Waals surface area contributed by atoms with Crippen molar-refractivity contribution in [3.63, 3.8) is 0 Å². The highest BCUT2D eigenvalue weighted by Crippen LogP contribution is 2.20. The van der Waals surface area contributed by atoms with E-state index < -0.39 is 23.6 Å². The fraction of sp³-hybridized carbons (Fsp3) is 0.371. The molecule has 0 aromatic heterocycles. The standard InChI is InChI=1S/C35H40N4O4/c40-32-33(41)38(22-19-27-12-4-1-5-13-27)30(25-36-32)18-10-11-21-37-26-31(24-29-16-8-3-9-17-29)39(35(43)34(37)42)23-20-28-14-6-2-7-15-28/h1-9,12-17,30-31H,10-11,18-26H2,(H,36,40)/t30-,31+/m1/s1. The highest BCUT2D eigenvalue weighted by Gasteiger charge is 2.39. The summed E-state index contributed by atoms with van der Waals surface area (Å²) in [6.45, 7) is 2.39. The van der Waals surface area contributed by atoms with Crippen LogP contribution >= 0.6 is 0 Å². The first-order chi connectivity index (χ1) is 21.0. The Bertz CT molecular complexity index is 1380. The van der Waals surface area contributed by atoms with Crippen molar-refractivity contribution < 1.29 is 19.2 Å². The third kappa shape index (κ3) is 7.89. The summed E-state index contributed by atoms with van der Waals surface area (Å²) in [5.41, 5.74) is 3.40. The predicted molar refractivity (Wildman–Crippen MR) is 165 cm³/mol. The van der Waals surface area contributed by atoms with E-state index in [-0.39, 0.29) is 12.1 Å². The molecule has 2 atom stereocenters. The minimum absolute atomic E-state index is 0.0908. The Labute approximate surface area is 253 Å². The van der Waals surface area contributed by atoms with Crippen LogP contribution in [0.15, 0.2) is 91.0 Å². The normalized spacial score (nSPS) is 19.1. The summed E-state index contributed by atoms with van der Waals surface area (Å²) in [5, 5.41) is 2.73. The SMILES string of the molecule is O=C1NC[C@@H](CCCCN2C[C@H](Cc3ccccc3)N(CCc3ccccc3)C(=O)C2=O)N(CCc2ccccc2)C1=O. The molecule has 43 heavy (non-hydrogen) atoms. The molecule has 0 bridgehead atoms. The summed E-state index contributed by atoms with van der Waals surface area (Å²) < 4.78 is 0. The van der Waals surface area contributed by atoms with E-state index in [9.17, 15) is 19.2 Å². The monoisotopic (exact) mass is 580 g/mol. The molecule has 2 fully saturated rings. The Morgan fingerprint density at radius 3 is 1.70 bits per heavy atom. The Morgan fingerprint density at radius 1 is 0.581 bits per heavy atom. The van der Waals surface area contributed by atoms with Crippen molar-refractivity contribution in [3.05, 3.63) is 108 Å². The molecule has 8 nitrogen and oxygen atoms in total. The predicted octanol–water partition coefficient (Wildman–Crippen LogP) is 3.25. The molecule has 224 valence electrons.